The highest BCUT2D eigenvalue weighted by atomic mass is 16.6. The summed E-state index contributed by atoms with van der Waals surface area (Å²) < 4.78 is 0. The van der Waals surface area contributed by atoms with Crippen molar-refractivity contribution in [3.8, 4) is 0 Å². The fraction of sp³-hybridized carbons (Fsp3) is 0.500. The van der Waals surface area contributed by atoms with Crippen molar-refractivity contribution >= 4 is 17.3 Å². The number of non-ortho nitro benzene ring substituents is 1. The molecule has 1 heterocycles. The molecule has 1 aromatic carbocycles. The Kier molecular flexibility index (Phi) is 5.06. The lowest BCUT2D eigenvalue weighted by Gasteiger charge is -2.13. The minimum absolute atomic E-state index is 0.0250. The first-order valence-corrected chi connectivity index (χ1v) is 6.92. The van der Waals surface area contributed by atoms with Crippen LogP contribution in [0.5, 0.6) is 0 Å². The SMILES string of the molecule is O=C(CCCN1CCCC1)Nc1ccc([N+](=O)[O-])cc1. The molecule has 1 saturated heterocycles. The van der Waals surface area contributed by atoms with E-state index < -0.39 is 4.92 Å². The molecule has 0 saturated carbocycles. The molecule has 1 aliphatic heterocycles. The largest absolute Gasteiger partial charge is 0.326 e. The van der Waals surface area contributed by atoms with E-state index in [0.29, 0.717) is 12.1 Å². The number of nitro groups is 1. The monoisotopic (exact) mass is 277 g/mol. The zero-order valence-corrected chi connectivity index (χ0v) is 11.4. The molecule has 1 N–H and O–H groups in total. The first kappa shape index (κ1) is 14.5. The number of amides is 1. The van der Waals surface area contributed by atoms with Crippen molar-refractivity contribution < 1.29 is 9.72 Å². The maximum Gasteiger partial charge on any atom is 0.269 e. The third-order valence-electron chi connectivity index (χ3n) is 3.44. The van der Waals surface area contributed by atoms with Crippen molar-refractivity contribution in [2.75, 3.05) is 25.0 Å². The van der Waals surface area contributed by atoms with Crippen LogP contribution in [0.25, 0.3) is 0 Å². The molecule has 0 bridgehead atoms. The molecule has 0 aromatic heterocycles. The van der Waals surface area contributed by atoms with Gasteiger partial charge in [0.2, 0.25) is 5.91 Å². The van der Waals surface area contributed by atoms with Crippen molar-refractivity contribution in [2.24, 2.45) is 0 Å². The predicted octanol–water partition coefficient (Wildman–Crippen LogP) is 2.41. The van der Waals surface area contributed by atoms with Gasteiger partial charge in [0.15, 0.2) is 0 Å². The van der Waals surface area contributed by atoms with E-state index >= 15 is 0 Å². The summed E-state index contributed by atoms with van der Waals surface area (Å²) in [7, 11) is 0. The summed E-state index contributed by atoms with van der Waals surface area (Å²) in [4.78, 5) is 24.2. The highest BCUT2D eigenvalue weighted by molar-refractivity contribution is 5.90. The van der Waals surface area contributed by atoms with Crippen LogP contribution < -0.4 is 5.32 Å². The third kappa shape index (κ3) is 4.31. The Bertz CT molecular complexity index is 467. The molecule has 1 fully saturated rings. The van der Waals surface area contributed by atoms with Gasteiger partial charge in [0.25, 0.3) is 5.69 Å². The van der Waals surface area contributed by atoms with Gasteiger partial charge in [-0.25, -0.2) is 0 Å². The highest BCUT2D eigenvalue weighted by Gasteiger charge is 2.11. The molecule has 0 aliphatic carbocycles. The number of hydrogen-bond acceptors (Lipinski definition) is 4. The molecule has 2 rings (SSSR count). The summed E-state index contributed by atoms with van der Waals surface area (Å²) in [5.74, 6) is -0.0435. The number of carbonyl (C=O) groups excluding carboxylic acids is 1. The minimum Gasteiger partial charge on any atom is -0.326 e. The van der Waals surface area contributed by atoms with E-state index in [1.807, 2.05) is 0 Å². The molecule has 6 heteroatoms. The van der Waals surface area contributed by atoms with Gasteiger partial charge in [0.1, 0.15) is 0 Å². The molecule has 0 atom stereocenters. The Balaban J connectivity index is 1.71. The van der Waals surface area contributed by atoms with Crippen molar-refractivity contribution in [3.63, 3.8) is 0 Å². The summed E-state index contributed by atoms with van der Waals surface area (Å²) >= 11 is 0. The van der Waals surface area contributed by atoms with Crippen LogP contribution in [0.2, 0.25) is 0 Å². The first-order chi connectivity index (χ1) is 9.65. The van der Waals surface area contributed by atoms with Gasteiger partial charge >= 0.3 is 0 Å². The number of rotatable bonds is 6. The van der Waals surface area contributed by atoms with Gasteiger partial charge in [-0.15, -0.1) is 0 Å². The normalized spacial score (nSPS) is 15.2. The van der Waals surface area contributed by atoms with Crippen LogP contribution in [-0.2, 0) is 4.79 Å². The lowest BCUT2D eigenvalue weighted by atomic mass is 10.2. The number of benzene rings is 1. The second-order valence-corrected chi connectivity index (χ2v) is 5.00. The van der Waals surface area contributed by atoms with Crippen LogP contribution >= 0.6 is 0 Å². The quantitative estimate of drug-likeness (QED) is 0.640. The van der Waals surface area contributed by atoms with Crippen LogP contribution in [0.1, 0.15) is 25.7 Å². The number of carbonyl (C=O) groups is 1. The average molecular weight is 277 g/mol. The maximum atomic E-state index is 11.7. The molecule has 1 aliphatic rings. The van der Waals surface area contributed by atoms with E-state index in [1.54, 1.807) is 12.1 Å². The third-order valence-corrected chi connectivity index (χ3v) is 3.44. The standard InChI is InChI=1S/C14H19N3O3/c18-14(4-3-11-16-9-1-2-10-16)15-12-5-7-13(8-6-12)17(19)20/h5-8H,1-4,9-11H2,(H,15,18). The van der Waals surface area contributed by atoms with Crippen molar-refractivity contribution in [1.29, 1.82) is 0 Å². The van der Waals surface area contributed by atoms with Gasteiger partial charge in [0.05, 0.1) is 4.92 Å². The lowest BCUT2D eigenvalue weighted by molar-refractivity contribution is -0.384. The van der Waals surface area contributed by atoms with Crippen LogP contribution in [0.15, 0.2) is 24.3 Å². The van der Waals surface area contributed by atoms with Gasteiger partial charge in [-0.05, 0) is 51.0 Å². The van der Waals surface area contributed by atoms with Crippen LogP contribution in [0.4, 0.5) is 11.4 Å². The fourth-order valence-corrected chi connectivity index (χ4v) is 2.36. The molecule has 0 spiro atoms. The average Bonchev–Trinajstić information content (AvgIpc) is 2.92. The zero-order chi connectivity index (χ0) is 14.4. The van der Waals surface area contributed by atoms with Gasteiger partial charge < -0.3 is 10.2 Å². The second kappa shape index (κ2) is 7.00. The molecule has 1 aromatic rings. The Morgan fingerprint density at radius 3 is 2.50 bits per heavy atom. The van der Waals surface area contributed by atoms with E-state index in [-0.39, 0.29) is 11.6 Å². The number of nitrogens with zero attached hydrogens (tertiary/aromatic N) is 2. The number of nitro benzene ring substituents is 1. The van der Waals surface area contributed by atoms with Gasteiger partial charge in [-0.2, -0.15) is 0 Å². The first-order valence-electron chi connectivity index (χ1n) is 6.92. The fourth-order valence-electron chi connectivity index (χ4n) is 2.36. The van der Waals surface area contributed by atoms with Gasteiger partial charge in [-0.3, -0.25) is 14.9 Å². The van der Waals surface area contributed by atoms with E-state index in [1.165, 1.54) is 25.0 Å². The number of anilines is 1. The Labute approximate surface area is 117 Å². The molecule has 108 valence electrons. The summed E-state index contributed by atoms with van der Waals surface area (Å²) in [6, 6.07) is 5.88. The van der Waals surface area contributed by atoms with Crippen LogP contribution in [-0.4, -0.2) is 35.4 Å². The highest BCUT2D eigenvalue weighted by Crippen LogP contribution is 2.15. The minimum atomic E-state index is -0.457. The number of likely N-dealkylation sites (tertiary alicyclic amines) is 1. The molecule has 20 heavy (non-hydrogen) atoms. The van der Waals surface area contributed by atoms with Crippen molar-refractivity contribution in [2.45, 2.75) is 25.7 Å². The predicted molar refractivity (Wildman–Crippen MR) is 76.6 cm³/mol. The van der Waals surface area contributed by atoms with Crippen LogP contribution in [0.3, 0.4) is 0 Å². The number of nitrogens with one attached hydrogen (secondary N) is 1. The summed E-state index contributed by atoms with van der Waals surface area (Å²) in [6.45, 7) is 3.25. The molecular weight excluding hydrogens is 258 g/mol. The molecule has 6 nitrogen and oxygen atoms in total. The Morgan fingerprint density at radius 2 is 1.90 bits per heavy atom. The molecular formula is C14H19N3O3. The topological polar surface area (TPSA) is 75.5 Å². The zero-order valence-electron chi connectivity index (χ0n) is 11.4. The van der Waals surface area contributed by atoms with E-state index in [2.05, 4.69) is 10.2 Å². The Morgan fingerprint density at radius 1 is 1.25 bits per heavy atom. The molecule has 1 amide bonds. The summed E-state index contributed by atoms with van der Waals surface area (Å²) in [5, 5.41) is 13.3. The van der Waals surface area contributed by atoms with E-state index in [9.17, 15) is 14.9 Å². The smallest absolute Gasteiger partial charge is 0.269 e. The van der Waals surface area contributed by atoms with Crippen molar-refractivity contribution in [1.82, 2.24) is 4.90 Å². The maximum absolute atomic E-state index is 11.7. The van der Waals surface area contributed by atoms with E-state index in [0.717, 1.165) is 26.1 Å². The van der Waals surface area contributed by atoms with E-state index in [4.69, 9.17) is 0 Å². The number of hydrogen-bond donors (Lipinski definition) is 1. The Hall–Kier alpha value is -1.95. The summed E-state index contributed by atoms with van der Waals surface area (Å²) in [6.07, 6.45) is 3.84. The van der Waals surface area contributed by atoms with Gasteiger partial charge in [0, 0.05) is 24.2 Å². The lowest BCUT2D eigenvalue weighted by Crippen LogP contribution is -2.22. The second-order valence-electron chi connectivity index (χ2n) is 5.00. The van der Waals surface area contributed by atoms with Gasteiger partial charge in [-0.1, -0.05) is 0 Å². The van der Waals surface area contributed by atoms with Crippen molar-refractivity contribution in [3.05, 3.63) is 34.4 Å². The van der Waals surface area contributed by atoms with Crippen LogP contribution in [0, 0.1) is 10.1 Å². The summed E-state index contributed by atoms with van der Waals surface area (Å²) in [5.41, 5.74) is 0.624. The molecule has 0 radical (unpaired) electrons. The molecule has 0 unspecified atom stereocenters.